The van der Waals surface area contributed by atoms with Crippen LogP contribution in [0.2, 0.25) is 0 Å². The van der Waals surface area contributed by atoms with Crippen LogP contribution in [0.5, 0.6) is 17.2 Å². The standard InChI is InChI=1S/C66H90O3/c1-22-28-61(10,11)52-37-46(38-53(58(52)67)62(12,13)29-23-2)34-49-43(7)50(35-47-39-54(63(14,15)30-24-3)59(68)55(40-47)64(16,17)31-25-4)45(9)51(44(49)8)36-48-41-56(65(18,19)32-26-5)60(69)57(42-48)66(20,21)33-27-6/h22-33,37-42,67-69H,34-36H2,1-21H3. The van der Waals surface area contributed by atoms with Crippen LogP contribution in [0.4, 0.5) is 0 Å². The average molecular weight is 931 g/mol. The Morgan fingerprint density at radius 1 is 0.304 bits per heavy atom. The third-order valence-corrected chi connectivity index (χ3v) is 15.0. The number of phenols is 3. The third-order valence-electron chi connectivity index (χ3n) is 15.0. The van der Waals surface area contributed by atoms with Gasteiger partial charge in [-0.2, -0.15) is 0 Å². The fraction of sp³-hybridized carbons (Fsp3) is 0.455. The largest absolute Gasteiger partial charge is 0.507 e. The highest BCUT2D eigenvalue weighted by Gasteiger charge is 2.33. The quantitative estimate of drug-likeness (QED) is 0.0871. The lowest BCUT2D eigenvalue weighted by molar-refractivity contribution is 0.436. The monoisotopic (exact) mass is 931 g/mol. The van der Waals surface area contributed by atoms with E-state index >= 15 is 0 Å². The van der Waals surface area contributed by atoms with Crippen molar-refractivity contribution in [1.29, 1.82) is 0 Å². The van der Waals surface area contributed by atoms with E-state index in [0.29, 0.717) is 36.5 Å². The molecule has 3 N–H and O–H groups in total. The van der Waals surface area contributed by atoms with E-state index in [2.05, 4.69) is 213 Å². The first-order valence-electron chi connectivity index (χ1n) is 25.5. The van der Waals surface area contributed by atoms with Crippen molar-refractivity contribution in [2.75, 3.05) is 0 Å². The van der Waals surface area contributed by atoms with Crippen LogP contribution in [0.1, 0.15) is 208 Å². The number of hydrogen-bond donors (Lipinski definition) is 3. The molecule has 0 radical (unpaired) electrons. The van der Waals surface area contributed by atoms with E-state index in [4.69, 9.17) is 0 Å². The highest BCUT2D eigenvalue weighted by atomic mass is 16.3. The summed E-state index contributed by atoms with van der Waals surface area (Å²) in [5, 5.41) is 36.4. The van der Waals surface area contributed by atoms with E-state index in [1.165, 1.54) is 33.4 Å². The van der Waals surface area contributed by atoms with Gasteiger partial charge >= 0.3 is 0 Å². The summed E-state index contributed by atoms with van der Waals surface area (Å²) in [4.78, 5) is 0. The van der Waals surface area contributed by atoms with Crippen LogP contribution >= 0.6 is 0 Å². The molecular formula is C66H90O3. The van der Waals surface area contributed by atoms with Crippen molar-refractivity contribution in [1.82, 2.24) is 0 Å². The number of allylic oxidation sites excluding steroid dienone is 12. The average Bonchev–Trinajstić information content (AvgIpc) is 3.23. The zero-order chi connectivity index (χ0) is 52.2. The van der Waals surface area contributed by atoms with Crippen molar-refractivity contribution in [3.8, 4) is 17.2 Å². The Labute approximate surface area is 420 Å². The highest BCUT2D eigenvalue weighted by Crippen LogP contribution is 2.46. The Kier molecular flexibility index (Phi) is 17.4. The first kappa shape index (κ1) is 56.3. The van der Waals surface area contributed by atoms with Crippen molar-refractivity contribution in [2.24, 2.45) is 0 Å². The second-order valence-corrected chi connectivity index (χ2v) is 23.3. The van der Waals surface area contributed by atoms with Gasteiger partial charge in [-0.1, -0.05) is 192 Å². The first-order chi connectivity index (χ1) is 31.9. The Morgan fingerprint density at radius 3 is 0.580 bits per heavy atom. The maximum atomic E-state index is 12.1. The zero-order valence-corrected chi connectivity index (χ0v) is 46.9. The van der Waals surface area contributed by atoms with Gasteiger partial charge in [-0.15, -0.1) is 0 Å². The molecule has 0 amide bonds. The van der Waals surface area contributed by atoms with Crippen molar-refractivity contribution < 1.29 is 15.3 Å². The summed E-state index contributed by atoms with van der Waals surface area (Å²) in [6, 6.07) is 13.4. The molecule has 0 aromatic heterocycles. The highest BCUT2D eigenvalue weighted by molar-refractivity contribution is 5.61. The molecule has 4 aromatic carbocycles. The molecule has 4 aromatic rings. The molecule has 0 fully saturated rings. The minimum absolute atomic E-state index is 0.352. The van der Waals surface area contributed by atoms with Crippen LogP contribution < -0.4 is 0 Å². The molecule has 0 spiro atoms. The minimum Gasteiger partial charge on any atom is -0.507 e. The van der Waals surface area contributed by atoms with Crippen LogP contribution in [0.3, 0.4) is 0 Å². The van der Waals surface area contributed by atoms with E-state index in [9.17, 15) is 15.3 Å². The van der Waals surface area contributed by atoms with Crippen molar-refractivity contribution in [3.63, 3.8) is 0 Å². The Balaban J connectivity index is 2.22. The molecule has 0 bridgehead atoms. The molecular weight excluding hydrogens is 841 g/mol. The van der Waals surface area contributed by atoms with Gasteiger partial charge in [-0.3, -0.25) is 0 Å². The lowest BCUT2D eigenvalue weighted by Gasteiger charge is -2.31. The molecule has 0 aliphatic rings. The lowest BCUT2D eigenvalue weighted by atomic mass is 9.74. The SMILES string of the molecule is CC=CC(C)(C)c1cc(Cc2c(C)c(Cc3cc(C(C)(C)C=CC)c(O)c(C(C)(C)C=CC)c3)c(C)c(Cc3cc(C(C)(C)C=CC)c(O)c(C(C)(C)C=CC)c3)c2C)cc(C(C)(C)C=CC)c1O. The second-order valence-electron chi connectivity index (χ2n) is 23.3. The Bertz CT molecular complexity index is 2240. The summed E-state index contributed by atoms with van der Waals surface area (Å²) >= 11 is 0. The van der Waals surface area contributed by atoms with Crippen LogP contribution in [-0.2, 0) is 51.8 Å². The minimum atomic E-state index is -0.408. The fourth-order valence-corrected chi connectivity index (χ4v) is 11.2. The molecule has 0 unspecified atom stereocenters. The van der Waals surface area contributed by atoms with Gasteiger partial charge in [0.1, 0.15) is 17.2 Å². The molecule has 0 aliphatic carbocycles. The Hall–Kier alpha value is -5.28. The molecule has 0 atom stereocenters. The molecule has 0 aliphatic heterocycles. The predicted octanol–water partition coefficient (Wildman–Crippen LogP) is 17.6. The van der Waals surface area contributed by atoms with Crippen LogP contribution in [0.15, 0.2) is 109 Å². The van der Waals surface area contributed by atoms with Crippen LogP contribution in [0.25, 0.3) is 0 Å². The smallest absolute Gasteiger partial charge is 0.123 e. The molecule has 3 heteroatoms. The number of hydrogen-bond acceptors (Lipinski definition) is 3. The molecule has 0 saturated carbocycles. The molecule has 4 rings (SSSR count). The molecule has 372 valence electrons. The van der Waals surface area contributed by atoms with Crippen molar-refractivity contribution >= 4 is 0 Å². The maximum absolute atomic E-state index is 12.1. The summed E-state index contributed by atoms with van der Waals surface area (Å²) in [7, 11) is 0. The zero-order valence-electron chi connectivity index (χ0n) is 46.9. The fourth-order valence-electron chi connectivity index (χ4n) is 11.2. The predicted molar refractivity (Wildman–Crippen MR) is 300 cm³/mol. The van der Waals surface area contributed by atoms with Gasteiger partial charge in [0.15, 0.2) is 0 Å². The van der Waals surface area contributed by atoms with E-state index < -0.39 is 32.5 Å². The molecule has 0 saturated heterocycles. The maximum Gasteiger partial charge on any atom is 0.123 e. The summed E-state index contributed by atoms with van der Waals surface area (Å²) in [5.74, 6) is 1.06. The second kappa shape index (κ2) is 21.4. The van der Waals surface area contributed by atoms with E-state index in [0.717, 1.165) is 50.1 Å². The van der Waals surface area contributed by atoms with Gasteiger partial charge < -0.3 is 15.3 Å². The number of benzene rings is 4. The van der Waals surface area contributed by atoms with Crippen LogP contribution in [-0.4, -0.2) is 15.3 Å². The summed E-state index contributed by atoms with van der Waals surface area (Å²) in [6.07, 6.45) is 27.6. The number of rotatable bonds is 18. The molecule has 0 heterocycles. The number of phenolic OH excluding ortho intramolecular Hbond substituents is 3. The Morgan fingerprint density at radius 2 is 0.449 bits per heavy atom. The van der Waals surface area contributed by atoms with Crippen molar-refractivity contribution in [3.05, 3.63) is 193 Å². The number of aromatic hydroxyl groups is 3. The van der Waals surface area contributed by atoms with Gasteiger partial charge in [0.25, 0.3) is 0 Å². The van der Waals surface area contributed by atoms with E-state index in [-0.39, 0.29) is 0 Å². The van der Waals surface area contributed by atoms with Gasteiger partial charge in [-0.25, -0.2) is 0 Å². The van der Waals surface area contributed by atoms with Gasteiger partial charge in [0, 0.05) is 65.9 Å². The molecule has 69 heavy (non-hydrogen) atoms. The van der Waals surface area contributed by atoms with Gasteiger partial charge in [0.2, 0.25) is 0 Å². The van der Waals surface area contributed by atoms with Gasteiger partial charge in [-0.05, 0) is 132 Å². The van der Waals surface area contributed by atoms with E-state index in [1.54, 1.807) is 0 Å². The summed E-state index contributed by atoms with van der Waals surface area (Å²) < 4.78 is 0. The van der Waals surface area contributed by atoms with Crippen LogP contribution in [0, 0.1) is 20.8 Å². The molecule has 3 nitrogen and oxygen atoms in total. The summed E-state index contributed by atoms with van der Waals surface area (Å²) in [5.41, 5.74) is 14.2. The first-order valence-corrected chi connectivity index (χ1v) is 25.5. The topological polar surface area (TPSA) is 60.7 Å². The van der Waals surface area contributed by atoms with E-state index in [1.807, 2.05) is 41.5 Å². The normalized spacial score (nSPS) is 13.9. The van der Waals surface area contributed by atoms with Crippen molar-refractivity contribution in [2.45, 2.75) is 197 Å². The summed E-state index contributed by atoms with van der Waals surface area (Å²) in [6.45, 7) is 45.3. The third kappa shape index (κ3) is 12.0. The van der Waals surface area contributed by atoms with Gasteiger partial charge in [0.05, 0.1) is 0 Å². The lowest BCUT2D eigenvalue weighted by Crippen LogP contribution is -2.20.